The first kappa shape index (κ1) is 12.6. The van der Waals surface area contributed by atoms with Gasteiger partial charge in [0.2, 0.25) is 5.95 Å². The third-order valence-electron chi connectivity index (χ3n) is 4.26. The maximum atomic E-state index is 4.89. The fourth-order valence-corrected chi connectivity index (χ4v) is 3.14. The van der Waals surface area contributed by atoms with Gasteiger partial charge in [0, 0.05) is 43.2 Å². The number of rotatable bonds is 2. The molecule has 0 aliphatic carbocycles. The summed E-state index contributed by atoms with van der Waals surface area (Å²) in [5, 5.41) is 3.40. The molecule has 0 bridgehead atoms. The largest absolute Gasteiger partial charge is 0.369 e. The van der Waals surface area contributed by atoms with Gasteiger partial charge in [0.05, 0.1) is 5.69 Å². The highest BCUT2D eigenvalue weighted by Gasteiger charge is 2.22. The van der Waals surface area contributed by atoms with Crippen molar-refractivity contribution in [1.29, 1.82) is 0 Å². The summed E-state index contributed by atoms with van der Waals surface area (Å²) in [6.45, 7) is 3.08. The summed E-state index contributed by atoms with van der Waals surface area (Å²) in [4.78, 5) is 16.1. The predicted octanol–water partition coefficient (Wildman–Crippen LogP) is 2.50. The minimum Gasteiger partial charge on any atom is -0.369 e. The van der Waals surface area contributed by atoms with Gasteiger partial charge in [-0.15, -0.1) is 0 Å². The Labute approximate surface area is 124 Å². The number of pyridine rings is 1. The number of hydrogen-bond acceptors (Lipinski definition) is 5. The zero-order chi connectivity index (χ0) is 14.1. The van der Waals surface area contributed by atoms with Crippen molar-refractivity contribution < 1.29 is 0 Å². The second kappa shape index (κ2) is 5.31. The molecule has 1 fully saturated rings. The lowest BCUT2D eigenvalue weighted by Gasteiger charge is -2.27. The van der Waals surface area contributed by atoms with Crippen LogP contribution in [-0.4, -0.2) is 34.6 Å². The average Bonchev–Trinajstić information content (AvgIpc) is 3.04. The molecule has 0 saturated carbocycles. The van der Waals surface area contributed by atoms with Gasteiger partial charge in [-0.25, -0.2) is 4.98 Å². The van der Waals surface area contributed by atoms with Crippen LogP contribution in [0.1, 0.15) is 24.8 Å². The predicted molar refractivity (Wildman–Crippen MR) is 83.5 cm³/mol. The van der Waals surface area contributed by atoms with E-state index in [1.807, 2.05) is 24.5 Å². The second-order valence-electron chi connectivity index (χ2n) is 5.66. The average molecular weight is 281 g/mol. The van der Waals surface area contributed by atoms with Crippen molar-refractivity contribution in [2.24, 2.45) is 0 Å². The zero-order valence-electron chi connectivity index (χ0n) is 12.0. The van der Waals surface area contributed by atoms with Crippen molar-refractivity contribution in [2.75, 3.05) is 29.9 Å². The van der Waals surface area contributed by atoms with Crippen LogP contribution in [0.2, 0.25) is 0 Å². The van der Waals surface area contributed by atoms with E-state index in [-0.39, 0.29) is 0 Å². The molecule has 108 valence electrons. The Bertz CT molecular complexity index is 635. The fourth-order valence-electron chi connectivity index (χ4n) is 3.14. The molecule has 0 atom stereocenters. The molecule has 0 amide bonds. The first-order valence-corrected chi connectivity index (χ1v) is 7.72. The Morgan fingerprint density at radius 2 is 1.81 bits per heavy atom. The van der Waals surface area contributed by atoms with Gasteiger partial charge < -0.3 is 10.2 Å². The summed E-state index contributed by atoms with van der Waals surface area (Å²) >= 11 is 0. The maximum absolute atomic E-state index is 4.89. The zero-order valence-corrected chi connectivity index (χ0v) is 12.0. The van der Waals surface area contributed by atoms with Crippen LogP contribution in [0, 0.1) is 0 Å². The minimum atomic E-state index is 0.870. The standard InChI is InChI=1S/C16H19N5/c1-2-10-21(11-3-1)16-19-14(12-4-7-17-8-5-12)13-6-9-18-15(13)20-16/h4-5,7-8H,1-3,6,9-11H2,(H,18,19,20). The maximum Gasteiger partial charge on any atom is 0.227 e. The van der Waals surface area contributed by atoms with Gasteiger partial charge in [0.15, 0.2) is 0 Å². The number of hydrogen-bond donors (Lipinski definition) is 1. The molecule has 0 spiro atoms. The summed E-state index contributed by atoms with van der Waals surface area (Å²) in [6.07, 6.45) is 8.43. The van der Waals surface area contributed by atoms with E-state index in [1.165, 1.54) is 24.8 Å². The molecule has 5 heteroatoms. The van der Waals surface area contributed by atoms with Crippen LogP contribution in [0.4, 0.5) is 11.8 Å². The van der Waals surface area contributed by atoms with Gasteiger partial charge >= 0.3 is 0 Å². The number of anilines is 2. The molecule has 1 N–H and O–H groups in total. The molecule has 21 heavy (non-hydrogen) atoms. The van der Waals surface area contributed by atoms with Crippen molar-refractivity contribution >= 4 is 11.8 Å². The van der Waals surface area contributed by atoms with Gasteiger partial charge in [0.25, 0.3) is 0 Å². The number of nitrogens with zero attached hydrogens (tertiary/aromatic N) is 4. The highest BCUT2D eigenvalue weighted by atomic mass is 15.3. The third kappa shape index (κ3) is 2.33. The van der Waals surface area contributed by atoms with Crippen LogP contribution < -0.4 is 10.2 Å². The number of fused-ring (bicyclic) bond motifs is 1. The molecular formula is C16H19N5. The normalized spacial score (nSPS) is 17.4. The quantitative estimate of drug-likeness (QED) is 0.916. The highest BCUT2D eigenvalue weighted by Crippen LogP contribution is 2.32. The molecular weight excluding hydrogens is 262 g/mol. The molecule has 5 nitrogen and oxygen atoms in total. The molecule has 1 saturated heterocycles. The van der Waals surface area contributed by atoms with E-state index in [1.54, 1.807) is 0 Å². The summed E-state index contributed by atoms with van der Waals surface area (Å²) < 4.78 is 0. The van der Waals surface area contributed by atoms with Crippen molar-refractivity contribution in [3.8, 4) is 11.3 Å². The van der Waals surface area contributed by atoms with Crippen LogP contribution in [-0.2, 0) is 6.42 Å². The Morgan fingerprint density at radius 1 is 1.00 bits per heavy atom. The molecule has 0 radical (unpaired) electrons. The van der Waals surface area contributed by atoms with E-state index in [4.69, 9.17) is 9.97 Å². The monoisotopic (exact) mass is 281 g/mol. The summed E-state index contributed by atoms with van der Waals surface area (Å²) in [5.41, 5.74) is 3.43. The van der Waals surface area contributed by atoms with Crippen LogP contribution in [0.5, 0.6) is 0 Å². The molecule has 2 aromatic heterocycles. The van der Waals surface area contributed by atoms with Crippen molar-refractivity contribution in [3.05, 3.63) is 30.1 Å². The SMILES string of the molecule is c1cc(-c2nc(N3CCCCC3)nc3c2CCN3)ccn1. The molecule has 4 heterocycles. The first-order chi connectivity index (χ1) is 10.4. The van der Waals surface area contributed by atoms with E-state index >= 15 is 0 Å². The van der Waals surface area contributed by atoms with Crippen molar-refractivity contribution in [2.45, 2.75) is 25.7 Å². The topological polar surface area (TPSA) is 53.9 Å². The summed E-state index contributed by atoms with van der Waals surface area (Å²) in [6, 6.07) is 4.06. The molecule has 2 aromatic rings. The first-order valence-electron chi connectivity index (χ1n) is 7.72. The van der Waals surface area contributed by atoms with E-state index < -0.39 is 0 Å². The lowest BCUT2D eigenvalue weighted by Crippen LogP contribution is -2.31. The highest BCUT2D eigenvalue weighted by molar-refractivity contribution is 5.71. The smallest absolute Gasteiger partial charge is 0.227 e. The van der Waals surface area contributed by atoms with Crippen molar-refractivity contribution in [3.63, 3.8) is 0 Å². The summed E-state index contributed by atoms with van der Waals surface area (Å²) in [5.74, 6) is 1.88. The lowest BCUT2D eigenvalue weighted by atomic mass is 10.1. The Balaban J connectivity index is 1.80. The van der Waals surface area contributed by atoms with Crippen LogP contribution in [0.15, 0.2) is 24.5 Å². The van der Waals surface area contributed by atoms with E-state index in [0.717, 1.165) is 49.1 Å². The van der Waals surface area contributed by atoms with Gasteiger partial charge in [-0.3, -0.25) is 4.98 Å². The van der Waals surface area contributed by atoms with Gasteiger partial charge in [0.1, 0.15) is 5.82 Å². The van der Waals surface area contributed by atoms with Crippen LogP contribution >= 0.6 is 0 Å². The molecule has 2 aliphatic heterocycles. The minimum absolute atomic E-state index is 0.870. The Hall–Kier alpha value is -2.17. The number of piperidine rings is 1. The van der Waals surface area contributed by atoms with E-state index in [2.05, 4.69) is 15.2 Å². The number of nitrogens with one attached hydrogen (secondary N) is 1. The third-order valence-corrected chi connectivity index (χ3v) is 4.26. The van der Waals surface area contributed by atoms with E-state index in [9.17, 15) is 0 Å². The Morgan fingerprint density at radius 3 is 2.62 bits per heavy atom. The molecule has 4 rings (SSSR count). The summed E-state index contributed by atoms with van der Waals surface area (Å²) in [7, 11) is 0. The van der Waals surface area contributed by atoms with Crippen LogP contribution in [0.25, 0.3) is 11.3 Å². The molecule has 0 aromatic carbocycles. The van der Waals surface area contributed by atoms with Gasteiger partial charge in [-0.2, -0.15) is 4.98 Å². The molecule has 0 unspecified atom stereocenters. The second-order valence-corrected chi connectivity index (χ2v) is 5.66. The van der Waals surface area contributed by atoms with E-state index in [0.29, 0.717) is 0 Å². The van der Waals surface area contributed by atoms with Crippen molar-refractivity contribution in [1.82, 2.24) is 15.0 Å². The van der Waals surface area contributed by atoms with Gasteiger partial charge in [-0.05, 0) is 37.8 Å². The molecule has 2 aliphatic rings. The Kier molecular flexibility index (Phi) is 3.18. The van der Waals surface area contributed by atoms with Gasteiger partial charge in [-0.1, -0.05) is 0 Å². The van der Waals surface area contributed by atoms with Crippen LogP contribution in [0.3, 0.4) is 0 Å². The fraction of sp³-hybridized carbons (Fsp3) is 0.438. The number of aromatic nitrogens is 3. The lowest BCUT2D eigenvalue weighted by molar-refractivity contribution is 0.568.